The van der Waals surface area contributed by atoms with Crippen LogP contribution in [0.1, 0.15) is 23.1 Å². The Morgan fingerprint density at radius 2 is 1.20 bits per heavy atom. The van der Waals surface area contributed by atoms with Crippen LogP contribution in [0.15, 0.2) is 85.2 Å². The van der Waals surface area contributed by atoms with Gasteiger partial charge in [0.05, 0.1) is 6.04 Å². The van der Waals surface area contributed by atoms with E-state index in [1.165, 1.54) is 12.1 Å². The fourth-order valence-corrected chi connectivity index (χ4v) is 6.22. The normalized spacial score (nSPS) is 13.8. The zero-order valence-electron chi connectivity index (χ0n) is 26.9. The van der Waals surface area contributed by atoms with Gasteiger partial charge in [-0.3, -0.25) is 14.4 Å². The number of nitrogens with one attached hydrogen (secondary N) is 5. The third kappa shape index (κ3) is 9.00. The second kappa shape index (κ2) is 16.2. The number of aromatic nitrogens is 2. The zero-order valence-corrected chi connectivity index (χ0v) is 27.8. The van der Waals surface area contributed by atoms with Crippen molar-refractivity contribution >= 4 is 57.3 Å². The number of fused-ring (bicyclic) bond motifs is 2. The van der Waals surface area contributed by atoms with E-state index in [0.717, 1.165) is 27.4 Å². The second-order valence-corrected chi connectivity index (χ2v) is 12.9. The van der Waals surface area contributed by atoms with Crippen LogP contribution in [-0.2, 0) is 38.4 Å². The molecule has 0 bridgehead atoms. The van der Waals surface area contributed by atoms with Crippen LogP contribution < -0.4 is 21.7 Å². The predicted octanol–water partition coefficient (Wildman–Crippen LogP) is 3.00. The van der Waals surface area contributed by atoms with Gasteiger partial charge in [-0.25, -0.2) is 4.79 Å². The summed E-state index contributed by atoms with van der Waals surface area (Å²) >= 11 is 1.55. The van der Waals surface area contributed by atoms with E-state index in [1.54, 1.807) is 36.3 Å². The fourth-order valence-electron chi connectivity index (χ4n) is 5.73. The summed E-state index contributed by atoms with van der Waals surface area (Å²) in [4.78, 5) is 59.7. The van der Waals surface area contributed by atoms with Gasteiger partial charge in [0.25, 0.3) is 0 Å². The van der Waals surface area contributed by atoms with Crippen LogP contribution in [-0.4, -0.2) is 80.0 Å². The van der Waals surface area contributed by atoms with Crippen LogP contribution in [0.4, 0.5) is 0 Å². The Hall–Kier alpha value is -5.27. The highest BCUT2D eigenvalue weighted by Gasteiger charge is 2.31. The highest BCUT2D eigenvalue weighted by molar-refractivity contribution is 7.98. The number of phenols is 1. The maximum Gasteiger partial charge on any atom is 0.326 e. The number of carboxylic acid groups (broad SMARTS) is 1. The lowest BCUT2D eigenvalue weighted by Gasteiger charge is -2.25. The lowest BCUT2D eigenvalue weighted by Crippen LogP contribution is -2.58. The van der Waals surface area contributed by atoms with E-state index in [4.69, 9.17) is 5.73 Å². The SMILES string of the molecule is CSCCC(N)C(=O)NC(Cc1c[nH]c2ccccc12)C(=O)NC(Cc1ccc(O)cc1)C(=O)NC(Cc1c[nH]c2ccccc12)C(=O)O. The van der Waals surface area contributed by atoms with Gasteiger partial charge >= 0.3 is 5.97 Å². The first-order valence-electron chi connectivity index (χ1n) is 15.9. The number of aliphatic carboxylic acids is 1. The van der Waals surface area contributed by atoms with Crippen molar-refractivity contribution in [1.82, 2.24) is 25.9 Å². The smallest absolute Gasteiger partial charge is 0.326 e. The molecule has 0 saturated carbocycles. The Bertz CT molecular complexity index is 1920. The van der Waals surface area contributed by atoms with Crippen molar-refractivity contribution in [2.75, 3.05) is 12.0 Å². The summed E-state index contributed by atoms with van der Waals surface area (Å²) in [6.45, 7) is 0. The van der Waals surface area contributed by atoms with Gasteiger partial charge in [0.1, 0.15) is 23.9 Å². The minimum Gasteiger partial charge on any atom is -0.508 e. The topological polar surface area (TPSA) is 202 Å². The molecule has 0 spiro atoms. The van der Waals surface area contributed by atoms with Crippen molar-refractivity contribution in [3.8, 4) is 5.75 Å². The average molecular weight is 685 g/mol. The van der Waals surface area contributed by atoms with Crippen molar-refractivity contribution in [2.45, 2.75) is 49.9 Å². The molecule has 0 aliphatic heterocycles. The molecule has 13 heteroatoms. The van der Waals surface area contributed by atoms with E-state index in [9.17, 15) is 29.4 Å². The molecule has 0 aliphatic rings. The van der Waals surface area contributed by atoms with Crippen LogP contribution in [0, 0.1) is 0 Å². The molecule has 3 aromatic carbocycles. The minimum absolute atomic E-state index is 0.00184. The Morgan fingerprint density at radius 3 is 1.76 bits per heavy atom. The Labute approximate surface area is 287 Å². The van der Waals surface area contributed by atoms with Gasteiger partial charge < -0.3 is 41.9 Å². The van der Waals surface area contributed by atoms with Crippen LogP contribution in [0.5, 0.6) is 5.75 Å². The maximum atomic E-state index is 14.0. The number of benzene rings is 3. The quantitative estimate of drug-likeness (QED) is 0.0775. The molecule has 5 aromatic rings. The lowest BCUT2D eigenvalue weighted by molar-refractivity contribution is -0.142. The zero-order chi connectivity index (χ0) is 34.9. The highest BCUT2D eigenvalue weighted by Crippen LogP contribution is 2.21. The molecule has 3 amide bonds. The Kier molecular flexibility index (Phi) is 11.6. The van der Waals surface area contributed by atoms with E-state index in [-0.39, 0.29) is 25.0 Å². The van der Waals surface area contributed by atoms with E-state index in [0.29, 0.717) is 23.3 Å². The highest BCUT2D eigenvalue weighted by atomic mass is 32.2. The van der Waals surface area contributed by atoms with Gasteiger partial charge in [0, 0.05) is 53.5 Å². The van der Waals surface area contributed by atoms with Crippen molar-refractivity contribution in [1.29, 1.82) is 0 Å². The number of aromatic amines is 2. The number of carboxylic acids is 1. The van der Waals surface area contributed by atoms with Gasteiger partial charge in [-0.05, 0) is 59.4 Å². The van der Waals surface area contributed by atoms with Crippen molar-refractivity contribution < 1.29 is 29.4 Å². The van der Waals surface area contributed by atoms with Crippen molar-refractivity contribution in [3.05, 3.63) is 102 Å². The van der Waals surface area contributed by atoms with E-state index >= 15 is 0 Å². The summed E-state index contributed by atoms with van der Waals surface area (Å²) in [5, 5.41) is 29.8. The number of hydrogen-bond acceptors (Lipinski definition) is 7. The summed E-state index contributed by atoms with van der Waals surface area (Å²) in [5.74, 6) is -2.42. The standard InChI is InChI=1S/C36H40N6O6S/c1-49-15-14-27(37)33(44)40-31(17-22-19-38-28-8-4-2-6-25(22)28)35(46)41-30(16-21-10-12-24(43)13-11-21)34(45)42-32(36(47)48)18-23-20-39-29-9-5-3-7-26(23)29/h2-13,19-20,27,30-32,38-39,43H,14-18,37H2,1H3,(H,40,44)(H,41,46)(H,42,45)(H,47,48). The number of carbonyl (C=O) groups excluding carboxylic acids is 3. The third-order valence-electron chi connectivity index (χ3n) is 8.42. The van der Waals surface area contributed by atoms with E-state index in [2.05, 4.69) is 25.9 Å². The van der Waals surface area contributed by atoms with Crippen LogP contribution in [0.2, 0.25) is 0 Å². The van der Waals surface area contributed by atoms with Crippen molar-refractivity contribution in [3.63, 3.8) is 0 Å². The van der Waals surface area contributed by atoms with Crippen molar-refractivity contribution in [2.24, 2.45) is 5.73 Å². The maximum absolute atomic E-state index is 14.0. The van der Waals surface area contributed by atoms with Gasteiger partial charge in [-0.2, -0.15) is 11.8 Å². The number of amides is 3. The molecular formula is C36H40N6O6S. The monoisotopic (exact) mass is 684 g/mol. The Balaban J connectivity index is 1.40. The number of rotatable bonds is 16. The number of H-pyrrole nitrogens is 2. The number of phenolic OH excluding ortho intramolecular Hbond substituents is 1. The lowest BCUT2D eigenvalue weighted by atomic mass is 10.0. The first kappa shape index (κ1) is 35.0. The van der Waals surface area contributed by atoms with Gasteiger partial charge in [0.15, 0.2) is 0 Å². The first-order chi connectivity index (χ1) is 23.6. The van der Waals surface area contributed by atoms with Crippen LogP contribution in [0.25, 0.3) is 21.8 Å². The predicted molar refractivity (Wildman–Crippen MR) is 190 cm³/mol. The number of para-hydroxylation sites is 2. The summed E-state index contributed by atoms with van der Waals surface area (Å²) in [5.41, 5.74) is 9.94. The first-order valence-corrected chi connectivity index (χ1v) is 17.3. The second-order valence-electron chi connectivity index (χ2n) is 11.9. The molecule has 49 heavy (non-hydrogen) atoms. The molecule has 4 atom stereocenters. The average Bonchev–Trinajstić information content (AvgIpc) is 3.70. The fraction of sp³-hybridized carbons (Fsp3) is 0.278. The summed E-state index contributed by atoms with van der Waals surface area (Å²) in [7, 11) is 0. The van der Waals surface area contributed by atoms with Gasteiger partial charge in [0.2, 0.25) is 17.7 Å². The summed E-state index contributed by atoms with van der Waals surface area (Å²) in [6, 6.07) is 16.7. The molecule has 9 N–H and O–H groups in total. The van der Waals surface area contributed by atoms with Gasteiger partial charge in [-0.1, -0.05) is 48.5 Å². The van der Waals surface area contributed by atoms with Crippen LogP contribution in [0.3, 0.4) is 0 Å². The molecule has 5 rings (SSSR count). The number of nitrogens with two attached hydrogens (primary N) is 1. The van der Waals surface area contributed by atoms with E-state index in [1.807, 2.05) is 54.8 Å². The Morgan fingerprint density at radius 1 is 0.714 bits per heavy atom. The molecule has 2 aromatic heterocycles. The third-order valence-corrected chi connectivity index (χ3v) is 9.07. The molecule has 0 saturated heterocycles. The molecule has 4 unspecified atom stereocenters. The molecule has 256 valence electrons. The van der Waals surface area contributed by atoms with Crippen LogP contribution >= 0.6 is 11.8 Å². The molecule has 2 heterocycles. The number of thioether (sulfide) groups is 1. The summed E-state index contributed by atoms with van der Waals surface area (Å²) < 4.78 is 0. The van der Waals surface area contributed by atoms with E-state index < -0.39 is 47.9 Å². The summed E-state index contributed by atoms with van der Waals surface area (Å²) in [6.07, 6.45) is 5.89. The molecule has 0 fully saturated rings. The largest absolute Gasteiger partial charge is 0.508 e. The molecule has 12 nitrogen and oxygen atoms in total. The molecular weight excluding hydrogens is 644 g/mol. The van der Waals surface area contributed by atoms with Gasteiger partial charge in [-0.15, -0.1) is 0 Å². The minimum atomic E-state index is -1.30. The number of aromatic hydroxyl groups is 1. The molecule has 0 aliphatic carbocycles. The number of carbonyl (C=O) groups is 4. The molecule has 0 radical (unpaired) electrons. The number of hydrogen-bond donors (Lipinski definition) is 8.